The number of anilines is 1. The molecule has 5 rings (SSSR count). The number of carbonyl (C=O) groups is 1. The quantitative estimate of drug-likeness (QED) is 0.396. The van der Waals surface area contributed by atoms with Gasteiger partial charge in [-0.05, 0) is 58.7 Å². The number of piperidine rings is 1. The summed E-state index contributed by atoms with van der Waals surface area (Å²) in [4.78, 5) is 22.3. The lowest BCUT2D eigenvalue weighted by Crippen LogP contribution is -2.61. The molecule has 5 heterocycles. The van der Waals surface area contributed by atoms with Gasteiger partial charge in [-0.25, -0.2) is 14.3 Å². The molecule has 1 amide bonds. The molecule has 42 heavy (non-hydrogen) atoms. The maximum Gasteiger partial charge on any atom is 0.407 e. The van der Waals surface area contributed by atoms with E-state index in [4.69, 9.17) is 14.5 Å². The van der Waals surface area contributed by atoms with Gasteiger partial charge in [0.15, 0.2) is 0 Å². The zero-order valence-corrected chi connectivity index (χ0v) is 25.6. The summed E-state index contributed by atoms with van der Waals surface area (Å²) < 4.78 is 12.9. The Morgan fingerprint density at radius 3 is 2.79 bits per heavy atom. The van der Waals surface area contributed by atoms with E-state index in [1.54, 1.807) is 16.9 Å². The molecular formula is C30H40N8O3S. The summed E-state index contributed by atoms with van der Waals surface area (Å²) in [6.45, 7) is 12.6. The first-order valence-electron chi connectivity index (χ1n) is 14.6. The summed E-state index contributed by atoms with van der Waals surface area (Å²) >= 11 is 1.89. The molecule has 2 fully saturated rings. The fraction of sp³-hybridized carbons (Fsp3) is 0.533. The van der Waals surface area contributed by atoms with E-state index in [9.17, 15) is 10.1 Å². The first kappa shape index (κ1) is 29.9. The molecule has 2 saturated heterocycles. The van der Waals surface area contributed by atoms with Crippen LogP contribution in [0.1, 0.15) is 46.1 Å². The Morgan fingerprint density at radius 1 is 1.29 bits per heavy atom. The Morgan fingerprint density at radius 2 is 2.10 bits per heavy atom. The van der Waals surface area contributed by atoms with Crippen molar-refractivity contribution in [1.82, 2.24) is 30.1 Å². The van der Waals surface area contributed by atoms with Crippen LogP contribution in [0.2, 0.25) is 0 Å². The number of rotatable bonds is 8. The van der Waals surface area contributed by atoms with Gasteiger partial charge in [0.1, 0.15) is 17.6 Å². The zero-order valence-electron chi connectivity index (χ0n) is 24.8. The maximum atomic E-state index is 12.8. The molecule has 0 saturated carbocycles. The van der Waals surface area contributed by atoms with Crippen LogP contribution in [0.4, 0.5) is 10.6 Å². The Bertz CT molecular complexity index is 1410. The number of ether oxygens (including phenoxy) is 2. The number of aromatic nitrogens is 3. The van der Waals surface area contributed by atoms with Gasteiger partial charge in [-0.15, -0.1) is 11.8 Å². The topological polar surface area (TPSA) is 120 Å². The number of alkyl carbamates (subject to hydrolysis) is 1. The van der Waals surface area contributed by atoms with Crippen LogP contribution in [-0.2, 0) is 4.74 Å². The average Bonchev–Trinajstić information content (AvgIpc) is 3.28. The van der Waals surface area contributed by atoms with Crippen molar-refractivity contribution in [3.63, 3.8) is 0 Å². The minimum absolute atomic E-state index is 0.175. The molecule has 3 aromatic rings. The average molecular weight is 593 g/mol. The van der Waals surface area contributed by atoms with E-state index in [0.717, 1.165) is 73.9 Å². The Balaban J connectivity index is 1.33. The van der Waals surface area contributed by atoms with Crippen molar-refractivity contribution < 1.29 is 14.3 Å². The van der Waals surface area contributed by atoms with Crippen molar-refractivity contribution in [2.45, 2.75) is 57.6 Å². The lowest BCUT2D eigenvalue weighted by atomic mass is 9.86. The highest BCUT2D eigenvalue weighted by Gasteiger charge is 2.39. The number of hydrogen-bond donors (Lipinski definition) is 2. The number of nitrogens with one attached hydrogen (secondary N) is 2. The molecule has 3 aromatic heterocycles. The number of nitrogens with zero attached hydrogens (tertiary/aromatic N) is 6. The number of carbonyl (C=O) groups excluding carboxylic acids is 1. The lowest BCUT2D eigenvalue weighted by Gasteiger charge is -2.44. The second-order valence-corrected chi connectivity index (χ2v) is 12.5. The van der Waals surface area contributed by atoms with Crippen LogP contribution in [0, 0.1) is 11.3 Å². The number of hydrogen-bond acceptors (Lipinski definition) is 10. The van der Waals surface area contributed by atoms with Gasteiger partial charge in [-0.3, -0.25) is 4.90 Å². The summed E-state index contributed by atoms with van der Waals surface area (Å²) in [6, 6.07) is 8.23. The zero-order chi connectivity index (χ0) is 29.7. The third kappa shape index (κ3) is 6.91. The molecule has 2 aliphatic heterocycles. The molecule has 0 unspecified atom stereocenters. The lowest BCUT2D eigenvalue weighted by molar-refractivity contribution is 0.0913. The number of amides is 1. The molecular weight excluding hydrogens is 552 g/mol. The van der Waals surface area contributed by atoms with Gasteiger partial charge in [0, 0.05) is 55.9 Å². The molecule has 2 aliphatic rings. The van der Waals surface area contributed by atoms with E-state index >= 15 is 0 Å². The van der Waals surface area contributed by atoms with E-state index < -0.39 is 0 Å². The van der Waals surface area contributed by atoms with Crippen LogP contribution in [0.15, 0.2) is 36.8 Å². The van der Waals surface area contributed by atoms with Crippen molar-refractivity contribution in [3.8, 4) is 22.9 Å². The highest BCUT2D eigenvalue weighted by molar-refractivity contribution is 7.99. The van der Waals surface area contributed by atoms with E-state index in [1.165, 1.54) is 0 Å². The molecule has 11 nitrogen and oxygen atoms in total. The van der Waals surface area contributed by atoms with Crippen molar-refractivity contribution >= 4 is 29.2 Å². The minimum Gasteiger partial charge on any atom is -0.492 e. The monoisotopic (exact) mass is 592 g/mol. The predicted molar refractivity (Wildman–Crippen MR) is 165 cm³/mol. The fourth-order valence-corrected chi connectivity index (χ4v) is 6.53. The molecule has 0 spiro atoms. The fourth-order valence-electron chi connectivity index (χ4n) is 5.64. The molecule has 0 bridgehead atoms. The Kier molecular flexibility index (Phi) is 9.40. The summed E-state index contributed by atoms with van der Waals surface area (Å²) in [5.74, 6) is 2.48. The summed E-state index contributed by atoms with van der Waals surface area (Å²) in [5.41, 5.74) is 2.58. The van der Waals surface area contributed by atoms with E-state index in [2.05, 4.69) is 38.5 Å². The van der Waals surface area contributed by atoms with Gasteiger partial charge in [0.2, 0.25) is 0 Å². The first-order chi connectivity index (χ1) is 20.3. The predicted octanol–water partition coefficient (Wildman–Crippen LogP) is 4.08. The van der Waals surface area contributed by atoms with Crippen LogP contribution in [0.3, 0.4) is 0 Å². The number of thioether (sulfide) groups is 1. The first-order valence-corrected chi connectivity index (χ1v) is 15.7. The van der Waals surface area contributed by atoms with Crippen LogP contribution in [0.5, 0.6) is 5.75 Å². The standard InChI is InChI=1S/C30H40N8O3S/c1-5-40-25-14-26(28-24(15-31)17-34-38(28)18-25)23-6-7-27(33-16-23)37-11-8-30(9-12-37,35-29(39)41-21(2)3)19-36-13-10-32-22(4)42-20-36/h6-7,14,16-18,21-22,32H,5,8-13,19-20H2,1-4H3,(H,35,39)/t22-/m1/s1. The normalized spacial score (nSPS) is 19.3. The number of fused-ring (bicyclic) bond motifs is 1. The van der Waals surface area contributed by atoms with Gasteiger partial charge >= 0.3 is 6.09 Å². The summed E-state index contributed by atoms with van der Waals surface area (Å²) in [5, 5.41) is 21.2. The highest BCUT2D eigenvalue weighted by atomic mass is 32.2. The summed E-state index contributed by atoms with van der Waals surface area (Å²) in [6.07, 6.45) is 6.24. The molecule has 0 radical (unpaired) electrons. The maximum absolute atomic E-state index is 12.8. The molecule has 2 N–H and O–H groups in total. The van der Waals surface area contributed by atoms with E-state index in [-0.39, 0.29) is 17.7 Å². The second kappa shape index (κ2) is 13.2. The van der Waals surface area contributed by atoms with Crippen molar-refractivity contribution in [1.29, 1.82) is 5.26 Å². The van der Waals surface area contributed by atoms with Gasteiger partial charge in [-0.1, -0.05) is 0 Å². The molecule has 224 valence electrons. The van der Waals surface area contributed by atoms with Crippen LogP contribution < -0.4 is 20.3 Å². The molecule has 1 atom stereocenters. The molecule has 0 aromatic carbocycles. The SMILES string of the molecule is CCOc1cc(-c2ccc(N3CCC(CN4CCN[C@@H](C)SC4)(NC(=O)OC(C)C)CC3)nc2)c2c(C#N)cnn2c1. The Labute approximate surface area is 251 Å². The summed E-state index contributed by atoms with van der Waals surface area (Å²) in [7, 11) is 0. The highest BCUT2D eigenvalue weighted by Crippen LogP contribution is 2.33. The molecule has 12 heteroatoms. The van der Waals surface area contributed by atoms with Gasteiger partial charge in [0.05, 0.1) is 47.1 Å². The third-order valence-electron chi connectivity index (χ3n) is 7.72. The van der Waals surface area contributed by atoms with Gasteiger partial charge in [0.25, 0.3) is 0 Å². The van der Waals surface area contributed by atoms with Crippen molar-refractivity contribution in [2.75, 3.05) is 50.1 Å². The number of nitriles is 1. The van der Waals surface area contributed by atoms with Crippen LogP contribution >= 0.6 is 11.8 Å². The van der Waals surface area contributed by atoms with Crippen LogP contribution in [0.25, 0.3) is 16.6 Å². The largest absolute Gasteiger partial charge is 0.492 e. The van der Waals surface area contributed by atoms with Gasteiger partial charge in [-0.2, -0.15) is 10.4 Å². The van der Waals surface area contributed by atoms with E-state index in [0.29, 0.717) is 23.3 Å². The third-order valence-corrected chi connectivity index (χ3v) is 8.91. The second-order valence-electron chi connectivity index (χ2n) is 11.2. The smallest absolute Gasteiger partial charge is 0.407 e. The van der Waals surface area contributed by atoms with Gasteiger partial charge < -0.3 is 25.0 Å². The van der Waals surface area contributed by atoms with Crippen LogP contribution in [-0.4, -0.2) is 87.8 Å². The Hall–Kier alpha value is -3.53. The number of pyridine rings is 2. The minimum atomic E-state index is -0.377. The van der Waals surface area contributed by atoms with Crippen molar-refractivity contribution in [2.24, 2.45) is 0 Å². The van der Waals surface area contributed by atoms with Crippen molar-refractivity contribution in [3.05, 3.63) is 42.4 Å². The van der Waals surface area contributed by atoms with E-state index in [1.807, 2.05) is 56.9 Å². The molecule has 0 aliphatic carbocycles.